The van der Waals surface area contributed by atoms with E-state index >= 15 is 0 Å². The van der Waals surface area contributed by atoms with Crippen molar-refractivity contribution >= 4 is 23.9 Å². The summed E-state index contributed by atoms with van der Waals surface area (Å²) in [6, 6.07) is 4.83. The number of methoxy groups -OCH3 is 2. The van der Waals surface area contributed by atoms with Crippen molar-refractivity contribution in [2.24, 2.45) is 5.10 Å². The van der Waals surface area contributed by atoms with E-state index in [4.69, 9.17) is 9.47 Å². The summed E-state index contributed by atoms with van der Waals surface area (Å²) in [5, 5.41) is 17.4. The minimum absolute atomic E-state index is 0.0502. The summed E-state index contributed by atoms with van der Waals surface area (Å²) in [5.41, 5.74) is 3.87. The van der Waals surface area contributed by atoms with Crippen molar-refractivity contribution in [1.29, 1.82) is 0 Å². The fourth-order valence-electron chi connectivity index (χ4n) is 2.74. The second-order valence-electron chi connectivity index (χ2n) is 5.96. The molecule has 3 aromatic rings. The van der Waals surface area contributed by atoms with Gasteiger partial charge in [-0.05, 0) is 32.0 Å². The van der Waals surface area contributed by atoms with Gasteiger partial charge in [-0.15, -0.1) is 5.10 Å². The number of ether oxygens (including phenoxy) is 2. The standard InChI is InChI=1S/C18H18N6O5/c1-9-7-10(2)24-18(20-9)21-15(23-24)16(25)22-19-8-11-5-6-12(28-3)14(29-4)13(11)17(26)27/h5-8H,1-4H3,(H,22,25)(H,26,27)/b19-8+. The first kappa shape index (κ1) is 19.7. The van der Waals surface area contributed by atoms with Crippen LogP contribution in [-0.4, -0.2) is 57.0 Å². The molecule has 2 heterocycles. The van der Waals surface area contributed by atoms with Gasteiger partial charge < -0.3 is 14.6 Å². The fourth-order valence-corrected chi connectivity index (χ4v) is 2.74. The number of carbonyl (C=O) groups is 2. The maximum absolute atomic E-state index is 12.3. The maximum atomic E-state index is 12.3. The Balaban J connectivity index is 1.85. The largest absolute Gasteiger partial charge is 0.493 e. The van der Waals surface area contributed by atoms with Gasteiger partial charge in [0.15, 0.2) is 11.5 Å². The summed E-state index contributed by atoms with van der Waals surface area (Å²) in [5.74, 6) is -1.40. The molecule has 29 heavy (non-hydrogen) atoms. The second-order valence-corrected chi connectivity index (χ2v) is 5.96. The predicted octanol–water partition coefficient (Wildman–Crippen LogP) is 1.22. The Labute approximate surface area is 165 Å². The van der Waals surface area contributed by atoms with E-state index in [1.54, 1.807) is 0 Å². The molecule has 0 bridgehead atoms. The highest BCUT2D eigenvalue weighted by molar-refractivity contribution is 6.02. The van der Waals surface area contributed by atoms with Crippen molar-refractivity contribution in [3.63, 3.8) is 0 Å². The lowest BCUT2D eigenvalue weighted by Crippen LogP contribution is -2.19. The Morgan fingerprint density at radius 2 is 1.97 bits per heavy atom. The highest BCUT2D eigenvalue weighted by Crippen LogP contribution is 2.32. The molecule has 1 aromatic carbocycles. The molecule has 2 N–H and O–H groups in total. The van der Waals surface area contributed by atoms with E-state index in [1.165, 1.54) is 37.1 Å². The predicted molar refractivity (Wildman–Crippen MR) is 102 cm³/mol. The van der Waals surface area contributed by atoms with Crippen LogP contribution in [0.3, 0.4) is 0 Å². The monoisotopic (exact) mass is 398 g/mol. The molecule has 150 valence electrons. The number of nitrogens with zero attached hydrogens (tertiary/aromatic N) is 5. The van der Waals surface area contributed by atoms with Crippen LogP contribution in [0.5, 0.6) is 11.5 Å². The minimum atomic E-state index is -1.23. The number of hydrazone groups is 1. The number of carboxylic acid groups (broad SMARTS) is 1. The lowest BCUT2D eigenvalue weighted by Gasteiger charge is -2.12. The van der Waals surface area contributed by atoms with Gasteiger partial charge in [-0.25, -0.2) is 19.7 Å². The third kappa shape index (κ3) is 3.83. The number of aromatic nitrogens is 4. The number of aromatic carboxylic acids is 1. The smallest absolute Gasteiger partial charge is 0.340 e. The van der Waals surface area contributed by atoms with Crippen molar-refractivity contribution in [2.45, 2.75) is 13.8 Å². The number of hydrogen-bond donors (Lipinski definition) is 2. The van der Waals surface area contributed by atoms with E-state index < -0.39 is 11.9 Å². The fraction of sp³-hybridized carbons (Fsp3) is 0.222. The summed E-state index contributed by atoms with van der Waals surface area (Å²) >= 11 is 0. The number of benzene rings is 1. The molecule has 0 spiro atoms. The van der Waals surface area contributed by atoms with Gasteiger partial charge >= 0.3 is 11.9 Å². The molecule has 11 heteroatoms. The number of amides is 1. The molecule has 0 saturated carbocycles. The van der Waals surface area contributed by atoms with E-state index in [0.717, 1.165) is 11.4 Å². The summed E-state index contributed by atoms with van der Waals surface area (Å²) in [7, 11) is 2.73. The van der Waals surface area contributed by atoms with Gasteiger partial charge in [0.05, 0.1) is 20.4 Å². The zero-order valence-electron chi connectivity index (χ0n) is 16.1. The second kappa shape index (κ2) is 7.92. The maximum Gasteiger partial charge on any atom is 0.340 e. The molecule has 1 amide bonds. The van der Waals surface area contributed by atoms with Crippen molar-refractivity contribution in [3.05, 3.63) is 46.5 Å². The Kier molecular flexibility index (Phi) is 5.39. The third-order valence-corrected chi connectivity index (χ3v) is 3.98. The molecule has 2 aromatic heterocycles. The Bertz CT molecular complexity index is 1140. The highest BCUT2D eigenvalue weighted by Gasteiger charge is 2.20. The zero-order chi connectivity index (χ0) is 21.1. The van der Waals surface area contributed by atoms with E-state index in [1.807, 2.05) is 19.9 Å². The first-order chi connectivity index (χ1) is 13.8. The van der Waals surface area contributed by atoms with Crippen LogP contribution < -0.4 is 14.9 Å². The Morgan fingerprint density at radius 3 is 2.62 bits per heavy atom. The Hall–Kier alpha value is -4.02. The van der Waals surface area contributed by atoms with Gasteiger partial charge in [-0.1, -0.05) is 0 Å². The minimum Gasteiger partial charge on any atom is -0.493 e. The molecule has 0 atom stereocenters. The van der Waals surface area contributed by atoms with Crippen LogP contribution in [0.4, 0.5) is 0 Å². The molecule has 0 saturated heterocycles. The van der Waals surface area contributed by atoms with Crippen molar-refractivity contribution in [3.8, 4) is 11.5 Å². The number of carboxylic acids is 1. The normalized spacial score (nSPS) is 11.0. The van der Waals surface area contributed by atoms with Gasteiger partial charge in [0.25, 0.3) is 5.78 Å². The van der Waals surface area contributed by atoms with Gasteiger partial charge in [0, 0.05) is 17.0 Å². The molecular formula is C18H18N6O5. The number of fused-ring (bicyclic) bond motifs is 1. The number of hydrogen-bond acceptors (Lipinski definition) is 8. The molecule has 0 aliphatic rings. The molecule has 0 unspecified atom stereocenters. The van der Waals surface area contributed by atoms with E-state index in [-0.39, 0.29) is 28.5 Å². The molecule has 0 aliphatic carbocycles. The summed E-state index contributed by atoms with van der Waals surface area (Å²) in [6.07, 6.45) is 1.19. The molecule has 0 aliphatic heterocycles. The zero-order valence-corrected chi connectivity index (χ0v) is 16.1. The quantitative estimate of drug-likeness (QED) is 0.466. The molecule has 0 radical (unpaired) electrons. The third-order valence-electron chi connectivity index (χ3n) is 3.98. The van der Waals surface area contributed by atoms with Crippen LogP contribution in [0.2, 0.25) is 0 Å². The highest BCUT2D eigenvalue weighted by atomic mass is 16.5. The number of carbonyl (C=O) groups excluding carboxylic acids is 1. The van der Waals surface area contributed by atoms with Gasteiger partial charge in [-0.2, -0.15) is 10.1 Å². The number of aryl methyl sites for hydroxylation is 2. The topological polar surface area (TPSA) is 140 Å². The molecule has 11 nitrogen and oxygen atoms in total. The van der Waals surface area contributed by atoms with Gasteiger partial charge in [0.1, 0.15) is 5.56 Å². The lowest BCUT2D eigenvalue weighted by atomic mass is 10.1. The van der Waals surface area contributed by atoms with Gasteiger partial charge in [-0.3, -0.25) is 4.79 Å². The average Bonchev–Trinajstić information content (AvgIpc) is 3.11. The van der Waals surface area contributed by atoms with Crippen molar-refractivity contribution in [2.75, 3.05) is 14.2 Å². The van der Waals surface area contributed by atoms with E-state index in [9.17, 15) is 14.7 Å². The summed E-state index contributed by atoms with van der Waals surface area (Å²) < 4.78 is 11.7. The lowest BCUT2D eigenvalue weighted by molar-refractivity contribution is 0.0692. The number of rotatable bonds is 6. The summed E-state index contributed by atoms with van der Waals surface area (Å²) in [6.45, 7) is 3.63. The molecule has 0 fully saturated rings. The van der Waals surface area contributed by atoms with E-state index in [2.05, 4.69) is 25.6 Å². The molecular weight excluding hydrogens is 380 g/mol. The van der Waals surface area contributed by atoms with Crippen LogP contribution in [0.25, 0.3) is 5.78 Å². The van der Waals surface area contributed by atoms with Crippen molar-refractivity contribution in [1.82, 2.24) is 25.0 Å². The number of nitrogens with one attached hydrogen (secondary N) is 1. The van der Waals surface area contributed by atoms with Gasteiger partial charge in [0.2, 0.25) is 5.82 Å². The SMILES string of the molecule is COc1ccc(/C=N/NC(=O)c2nc3nc(C)cc(C)n3n2)c(C(=O)O)c1OC. The van der Waals surface area contributed by atoms with E-state index in [0.29, 0.717) is 5.78 Å². The molecule has 3 rings (SSSR count). The van der Waals surface area contributed by atoms with Crippen LogP contribution in [0.1, 0.15) is 37.9 Å². The average molecular weight is 398 g/mol. The Morgan fingerprint density at radius 1 is 1.21 bits per heavy atom. The summed E-state index contributed by atoms with van der Waals surface area (Å²) in [4.78, 5) is 32.2. The van der Waals surface area contributed by atoms with Crippen LogP contribution >= 0.6 is 0 Å². The first-order valence-electron chi connectivity index (χ1n) is 8.38. The van der Waals surface area contributed by atoms with Crippen LogP contribution in [0.15, 0.2) is 23.3 Å². The van der Waals surface area contributed by atoms with Crippen LogP contribution in [-0.2, 0) is 0 Å². The van der Waals surface area contributed by atoms with Crippen LogP contribution in [0, 0.1) is 13.8 Å². The first-order valence-corrected chi connectivity index (χ1v) is 8.38. The van der Waals surface area contributed by atoms with Crippen molar-refractivity contribution < 1.29 is 24.2 Å².